The molecule has 0 fully saturated rings. The number of hydrogen-bond acceptors (Lipinski definition) is 15. The van der Waals surface area contributed by atoms with E-state index in [1.165, 1.54) is 25.7 Å². The van der Waals surface area contributed by atoms with Crippen molar-refractivity contribution in [1.29, 1.82) is 0 Å². The molecule has 0 radical (unpaired) electrons. The van der Waals surface area contributed by atoms with Gasteiger partial charge in [-0.25, -0.2) is 9.13 Å². The van der Waals surface area contributed by atoms with Crippen molar-refractivity contribution in [3.8, 4) is 0 Å². The summed E-state index contributed by atoms with van der Waals surface area (Å²) in [7, 11) is -9.97. The summed E-state index contributed by atoms with van der Waals surface area (Å²) < 4.78 is 68.6. The van der Waals surface area contributed by atoms with E-state index in [2.05, 4.69) is 149 Å². The Morgan fingerprint density at radius 1 is 0.284 bits per heavy atom. The predicted octanol–water partition coefficient (Wildman–Crippen LogP) is 23.1. The summed E-state index contributed by atoms with van der Waals surface area (Å²) in [4.78, 5) is 73.0. The molecule has 0 aromatic heterocycles. The summed E-state index contributed by atoms with van der Waals surface area (Å²) in [5.41, 5.74) is 0. The molecule has 0 aromatic carbocycles. The van der Waals surface area contributed by atoms with Crippen LogP contribution in [0.4, 0.5) is 0 Å². The van der Waals surface area contributed by atoms with Crippen LogP contribution in [0, 0.1) is 0 Å². The third-order valence-corrected chi connectivity index (χ3v) is 18.3. The first kappa shape index (κ1) is 97.5. The molecule has 0 aliphatic rings. The van der Waals surface area contributed by atoms with E-state index in [1.54, 1.807) is 0 Å². The fourth-order valence-electron chi connectivity index (χ4n) is 10.4. The van der Waals surface area contributed by atoms with Crippen molar-refractivity contribution >= 4 is 39.5 Å². The van der Waals surface area contributed by atoms with E-state index in [4.69, 9.17) is 37.0 Å². The number of phosphoric acid groups is 2. The Kier molecular flexibility index (Phi) is 71.4. The normalized spacial score (nSPS) is 14.5. The molecule has 0 aliphatic carbocycles. The quantitative estimate of drug-likeness (QED) is 0.0169. The maximum absolute atomic E-state index is 13.1. The minimum absolute atomic E-state index is 0.0778. The number of rotatable bonds is 74. The van der Waals surface area contributed by atoms with Crippen LogP contribution < -0.4 is 0 Å². The van der Waals surface area contributed by atoms with Crippen molar-refractivity contribution in [3.05, 3.63) is 122 Å². The topological polar surface area (TPSA) is 237 Å². The molecule has 19 heteroatoms. The number of carbonyl (C=O) groups is 4. The highest BCUT2D eigenvalue weighted by atomic mass is 31.2. The molecule has 5 atom stereocenters. The number of allylic oxidation sites excluding steroid dienone is 20. The van der Waals surface area contributed by atoms with Crippen LogP contribution in [0.3, 0.4) is 0 Å². The molecule has 3 N–H and O–H groups in total. The van der Waals surface area contributed by atoms with E-state index in [0.29, 0.717) is 25.7 Å². The fourth-order valence-corrected chi connectivity index (χ4v) is 12.0. The molecule has 102 heavy (non-hydrogen) atoms. The first-order valence-corrected chi connectivity index (χ1v) is 42.8. The van der Waals surface area contributed by atoms with Gasteiger partial charge in [0.15, 0.2) is 12.2 Å². The summed E-state index contributed by atoms with van der Waals surface area (Å²) in [5, 5.41) is 10.6. The summed E-state index contributed by atoms with van der Waals surface area (Å²) >= 11 is 0. The number of hydrogen-bond donors (Lipinski definition) is 3. The minimum Gasteiger partial charge on any atom is -0.462 e. The minimum atomic E-state index is -4.99. The van der Waals surface area contributed by atoms with Crippen molar-refractivity contribution in [1.82, 2.24) is 0 Å². The van der Waals surface area contributed by atoms with Crippen LogP contribution in [-0.2, 0) is 65.4 Å². The van der Waals surface area contributed by atoms with E-state index < -0.39 is 97.5 Å². The monoisotopic (exact) mass is 1470 g/mol. The Morgan fingerprint density at radius 2 is 0.529 bits per heavy atom. The predicted molar refractivity (Wildman–Crippen MR) is 418 cm³/mol. The second-order valence-corrected chi connectivity index (χ2v) is 29.1. The third-order valence-electron chi connectivity index (χ3n) is 16.4. The Bertz CT molecular complexity index is 2410. The zero-order chi connectivity index (χ0) is 74.6. The number of esters is 4. The molecular formula is C83H142O17P2. The molecule has 17 nitrogen and oxygen atoms in total. The van der Waals surface area contributed by atoms with Crippen LogP contribution in [-0.4, -0.2) is 96.7 Å². The number of ether oxygens (including phenoxy) is 4. The number of unbranched alkanes of at least 4 members (excludes halogenated alkanes) is 28. The first-order valence-electron chi connectivity index (χ1n) is 39.8. The Morgan fingerprint density at radius 3 is 0.833 bits per heavy atom. The molecule has 0 bridgehead atoms. The lowest BCUT2D eigenvalue weighted by atomic mass is 10.1. The van der Waals surface area contributed by atoms with E-state index in [9.17, 15) is 43.2 Å². The van der Waals surface area contributed by atoms with Gasteiger partial charge in [0.05, 0.1) is 26.4 Å². The van der Waals surface area contributed by atoms with Crippen molar-refractivity contribution in [2.75, 3.05) is 39.6 Å². The molecule has 0 aromatic rings. The average Bonchev–Trinajstić information content (AvgIpc) is 0.923. The van der Waals surface area contributed by atoms with E-state index in [0.717, 1.165) is 218 Å². The van der Waals surface area contributed by atoms with Gasteiger partial charge in [-0.3, -0.25) is 37.3 Å². The van der Waals surface area contributed by atoms with Crippen LogP contribution in [0.25, 0.3) is 0 Å². The lowest BCUT2D eigenvalue weighted by Crippen LogP contribution is -2.30. The lowest BCUT2D eigenvalue weighted by molar-refractivity contribution is -0.161. The highest BCUT2D eigenvalue weighted by Gasteiger charge is 2.30. The van der Waals surface area contributed by atoms with Gasteiger partial charge >= 0.3 is 39.5 Å². The molecule has 0 heterocycles. The van der Waals surface area contributed by atoms with Crippen LogP contribution in [0.15, 0.2) is 122 Å². The van der Waals surface area contributed by atoms with Crippen LogP contribution in [0.1, 0.15) is 323 Å². The number of aliphatic hydroxyl groups is 1. The Balaban J connectivity index is 5.37. The van der Waals surface area contributed by atoms with Gasteiger partial charge in [0.1, 0.15) is 19.3 Å². The van der Waals surface area contributed by atoms with Gasteiger partial charge in [-0.05, 0) is 148 Å². The summed E-state index contributed by atoms with van der Waals surface area (Å²) in [5.74, 6) is -2.22. The van der Waals surface area contributed by atoms with Crippen molar-refractivity contribution in [2.24, 2.45) is 0 Å². The average molecular weight is 1470 g/mol. The molecule has 0 saturated heterocycles. The molecule has 0 aliphatic heterocycles. The second-order valence-electron chi connectivity index (χ2n) is 26.2. The van der Waals surface area contributed by atoms with E-state index in [-0.39, 0.29) is 25.7 Å². The lowest BCUT2D eigenvalue weighted by Gasteiger charge is -2.21. The summed E-state index contributed by atoms with van der Waals surface area (Å²) in [6.07, 6.45) is 81.7. The maximum atomic E-state index is 13.1. The van der Waals surface area contributed by atoms with Crippen LogP contribution >= 0.6 is 15.6 Å². The largest absolute Gasteiger partial charge is 0.472 e. The van der Waals surface area contributed by atoms with Gasteiger partial charge in [-0.2, -0.15) is 0 Å². The highest BCUT2D eigenvalue weighted by molar-refractivity contribution is 7.47. The van der Waals surface area contributed by atoms with Gasteiger partial charge in [0.2, 0.25) is 0 Å². The standard InChI is InChI=1S/C83H142O17P2/c1-5-9-13-17-21-25-29-33-35-37-38-40-41-45-48-52-56-60-64-68-81(86)94-74-79(100-83(88)70-66-62-58-54-50-46-42-39-36-34-30-26-22-18-14-10-6-2)76-98-102(91,92)96-72-77(84)71-95-101(89,90)97-75-78(99-82(87)69-65-61-57-53-49-44-32-28-24-20-16-12-8-4)73-93-80(85)67-63-59-55-51-47-43-31-27-23-19-15-11-7-3/h9-10,13-15,19,21-22,25-28,31-36,38,40,77-79,84H,5-8,11-12,16-18,20,23-24,29-30,37,39,41-76H2,1-4H3,(H,89,90)(H,91,92)/b13-9-,14-10-,19-15-,25-21-,26-22-,31-27-,32-28-,35-33-,36-34-,40-38-. The maximum Gasteiger partial charge on any atom is 0.472 e. The molecule has 0 rings (SSSR count). The molecule has 0 amide bonds. The second kappa shape index (κ2) is 74.7. The fraction of sp³-hybridized carbons (Fsp3) is 0.711. The SMILES string of the molecule is CC/C=C\C/C=C\C/C=C\C/C=C\CCCCCCCCC(=O)OCC(COP(=O)(O)OCC(O)COP(=O)(O)OCC(COC(=O)CCCCCCC/C=C\C/C=C\CCC)OC(=O)CCCCCCC/C=C\CCCCCC)OC(=O)CCCCCCCCC/C=C\C/C=C\C/C=C\CC. The van der Waals surface area contributed by atoms with Crippen LogP contribution in [0.5, 0.6) is 0 Å². The van der Waals surface area contributed by atoms with Gasteiger partial charge in [0, 0.05) is 25.7 Å². The van der Waals surface area contributed by atoms with Gasteiger partial charge in [-0.15, -0.1) is 0 Å². The van der Waals surface area contributed by atoms with Gasteiger partial charge in [0.25, 0.3) is 0 Å². The van der Waals surface area contributed by atoms with E-state index >= 15 is 0 Å². The van der Waals surface area contributed by atoms with Gasteiger partial charge in [-0.1, -0.05) is 271 Å². The number of carbonyl (C=O) groups excluding carboxylic acids is 4. The molecule has 586 valence electrons. The molecular weight excluding hydrogens is 1330 g/mol. The van der Waals surface area contributed by atoms with Crippen molar-refractivity contribution in [2.45, 2.75) is 341 Å². The molecule has 0 spiro atoms. The highest BCUT2D eigenvalue weighted by Crippen LogP contribution is 2.45. The van der Waals surface area contributed by atoms with Gasteiger partial charge < -0.3 is 33.8 Å². The Hall–Kier alpha value is -4.54. The first-order chi connectivity index (χ1) is 49.7. The smallest absolute Gasteiger partial charge is 0.462 e. The number of phosphoric ester groups is 2. The Labute approximate surface area is 619 Å². The summed E-state index contributed by atoms with van der Waals surface area (Å²) in [6, 6.07) is 0. The van der Waals surface area contributed by atoms with E-state index in [1.807, 2.05) is 0 Å². The molecule has 0 saturated carbocycles. The summed E-state index contributed by atoms with van der Waals surface area (Å²) in [6.45, 7) is 4.54. The third kappa shape index (κ3) is 73.8. The zero-order valence-corrected chi connectivity index (χ0v) is 65.8. The van der Waals surface area contributed by atoms with Crippen molar-refractivity contribution in [3.63, 3.8) is 0 Å². The zero-order valence-electron chi connectivity index (χ0n) is 64.0. The molecule has 5 unspecified atom stereocenters. The number of aliphatic hydroxyl groups excluding tert-OH is 1. The van der Waals surface area contributed by atoms with Crippen molar-refractivity contribution < 1.29 is 80.2 Å². The van der Waals surface area contributed by atoms with Crippen LogP contribution in [0.2, 0.25) is 0 Å².